The summed E-state index contributed by atoms with van der Waals surface area (Å²) in [7, 11) is 2.11. The number of nitrogens with zero attached hydrogens (tertiary/aromatic N) is 1. The average molecular weight is 199 g/mol. The van der Waals surface area contributed by atoms with Crippen molar-refractivity contribution in [1.29, 1.82) is 0 Å². The Balaban J connectivity index is 2.17. The predicted molar refractivity (Wildman–Crippen MR) is 55.2 cm³/mol. The van der Waals surface area contributed by atoms with Crippen molar-refractivity contribution in [3.8, 4) is 0 Å². The van der Waals surface area contributed by atoms with Crippen LogP contribution in [0.5, 0.6) is 0 Å². The Kier molecular flexibility index (Phi) is 2.58. The van der Waals surface area contributed by atoms with Gasteiger partial charge in [-0.1, -0.05) is 6.92 Å². The van der Waals surface area contributed by atoms with Crippen molar-refractivity contribution in [2.75, 3.05) is 13.8 Å². The van der Waals surface area contributed by atoms with E-state index in [0.717, 1.165) is 19.6 Å². The van der Waals surface area contributed by atoms with Gasteiger partial charge in [-0.25, -0.2) is 0 Å². The Hall–Kier alpha value is -0.120. The Morgan fingerprint density at radius 3 is 2.86 bits per heavy atom. The highest BCUT2D eigenvalue weighted by Gasteiger charge is 2.51. The van der Waals surface area contributed by atoms with Crippen molar-refractivity contribution in [1.82, 2.24) is 4.90 Å². The predicted octanol–water partition coefficient (Wildman–Crippen LogP) is 1.62. The fourth-order valence-corrected chi connectivity index (χ4v) is 3.03. The topological polar surface area (TPSA) is 21.7 Å². The summed E-state index contributed by atoms with van der Waals surface area (Å²) in [5.41, 5.74) is 0.00704. The Labute approximate surface area is 86.4 Å². The third-order valence-electron chi connectivity index (χ3n) is 3.64. The minimum Gasteiger partial charge on any atom is -0.373 e. The second-order valence-electron chi connectivity index (χ2n) is 4.86. The molecule has 2 rings (SSSR count). The fraction of sp³-hybridized carbons (Fsp3) is 1.00. The first-order valence-corrected chi connectivity index (χ1v) is 5.56. The lowest BCUT2D eigenvalue weighted by molar-refractivity contribution is -0.141. The number of hydrogen-bond donors (Lipinski definition) is 0. The SMILES string of the molecule is CCC1C[C@]2(C)OCN(C)[C@@H]2[C@H](C)O1. The van der Waals surface area contributed by atoms with Crippen LogP contribution in [0.3, 0.4) is 0 Å². The zero-order valence-electron chi connectivity index (χ0n) is 9.62. The lowest BCUT2D eigenvalue weighted by Gasteiger charge is -2.44. The van der Waals surface area contributed by atoms with Gasteiger partial charge in [0, 0.05) is 6.42 Å². The molecule has 3 heteroatoms. The molecule has 0 amide bonds. The summed E-state index contributed by atoms with van der Waals surface area (Å²) < 4.78 is 11.9. The van der Waals surface area contributed by atoms with Crippen LogP contribution in [0.25, 0.3) is 0 Å². The highest BCUT2D eigenvalue weighted by Crippen LogP contribution is 2.39. The molecule has 0 aromatic carbocycles. The Morgan fingerprint density at radius 2 is 2.21 bits per heavy atom. The fourth-order valence-electron chi connectivity index (χ4n) is 3.03. The van der Waals surface area contributed by atoms with Gasteiger partial charge in [-0.2, -0.15) is 0 Å². The van der Waals surface area contributed by atoms with Crippen molar-refractivity contribution in [2.45, 2.75) is 57.5 Å². The van der Waals surface area contributed by atoms with Crippen molar-refractivity contribution in [3.63, 3.8) is 0 Å². The third-order valence-corrected chi connectivity index (χ3v) is 3.64. The van der Waals surface area contributed by atoms with Crippen LogP contribution in [0.4, 0.5) is 0 Å². The zero-order chi connectivity index (χ0) is 10.3. The van der Waals surface area contributed by atoms with Gasteiger partial charge in [0.25, 0.3) is 0 Å². The Bertz CT molecular complexity index is 221. The van der Waals surface area contributed by atoms with E-state index in [4.69, 9.17) is 9.47 Å². The van der Waals surface area contributed by atoms with Crippen LogP contribution < -0.4 is 0 Å². The van der Waals surface area contributed by atoms with Crippen molar-refractivity contribution >= 4 is 0 Å². The first-order valence-electron chi connectivity index (χ1n) is 5.56. The van der Waals surface area contributed by atoms with Crippen molar-refractivity contribution in [3.05, 3.63) is 0 Å². The molecule has 0 N–H and O–H groups in total. The van der Waals surface area contributed by atoms with E-state index < -0.39 is 0 Å². The minimum absolute atomic E-state index is 0.00704. The molecule has 2 aliphatic rings. The van der Waals surface area contributed by atoms with E-state index in [1.165, 1.54) is 0 Å². The molecule has 82 valence electrons. The molecule has 0 aromatic heterocycles. The summed E-state index contributed by atoms with van der Waals surface area (Å²) in [5, 5.41) is 0. The highest BCUT2D eigenvalue weighted by atomic mass is 16.6. The second kappa shape index (κ2) is 3.47. The molecule has 0 radical (unpaired) electrons. The first-order chi connectivity index (χ1) is 6.57. The lowest BCUT2D eigenvalue weighted by Crippen LogP contribution is -2.56. The van der Waals surface area contributed by atoms with Crippen LogP contribution in [0.1, 0.15) is 33.6 Å². The van der Waals surface area contributed by atoms with E-state index >= 15 is 0 Å². The molecule has 2 aliphatic heterocycles. The molecule has 14 heavy (non-hydrogen) atoms. The van der Waals surface area contributed by atoms with Gasteiger partial charge >= 0.3 is 0 Å². The molecule has 2 fully saturated rings. The van der Waals surface area contributed by atoms with Crippen LogP contribution >= 0.6 is 0 Å². The molecule has 0 aromatic rings. The molecule has 2 saturated heterocycles. The van der Waals surface area contributed by atoms with Crippen molar-refractivity contribution < 1.29 is 9.47 Å². The third kappa shape index (κ3) is 1.47. The molecule has 0 aliphatic carbocycles. The van der Waals surface area contributed by atoms with E-state index in [2.05, 4.69) is 32.7 Å². The zero-order valence-corrected chi connectivity index (χ0v) is 9.62. The second-order valence-corrected chi connectivity index (χ2v) is 4.86. The largest absolute Gasteiger partial charge is 0.373 e. The van der Waals surface area contributed by atoms with Gasteiger partial charge in [-0.15, -0.1) is 0 Å². The standard InChI is InChI=1S/C11H21NO2/c1-5-9-6-11(3)10(8(2)14-9)12(4)7-13-11/h8-10H,5-7H2,1-4H3/t8-,9?,10+,11-/m0/s1. The van der Waals surface area contributed by atoms with Gasteiger partial charge in [-0.05, 0) is 27.3 Å². The van der Waals surface area contributed by atoms with E-state index in [0.29, 0.717) is 12.1 Å². The maximum Gasteiger partial charge on any atom is 0.1000 e. The molecule has 3 nitrogen and oxygen atoms in total. The van der Waals surface area contributed by atoms with Gasteiger partial charge in [0.05, 0.1) is 30.6 Å². The molecular formula is C11H21NO2. The number of ether oxygens (including phenoxy) is 2. The lowest BCUT2D eigenvalue weighted by atomic mass is 9.83. The number of fused-ring (bicyclic) bond motifs is 1. The van der Waals surface area contributed by atoms with Gasteiger partial charge < -0.3 is 9.47 Å². The average Bonchev–Trinajstić information content (AvgIpc) is 2.42. The molecular weight excluding hydrogens is 178 g/mol. The number of rotatable bonds is 1. The highest BCUT2D eigenvalue weighted by molar-refractivity contribution is 5.02. The van der Waals surface area contributed by atoms with Gasteiger partial charge in [0.2, 0.25) is 0 Å². The summed E-state index contributed by atoms with van der Waals surface area (Å²) in [4.78, 5) is 2.26. The summed E-state index contributed by atoms with van der Waals surface area (Å²) in [6.45, 7) is 7.31. The van der Waals surface area contributed by atoms with Gasteiger partial charge in [0.1, 0.15) is 0 Å². The maximum absolute atomic E-state index is 5.96. The molecule has 1 unspecified atom stereocenters. The minimum atomic E-state index is 0.00704. The van der Waals surface area contributed by atoms with Crippen LogP contribution in [0.2, 0.25) is 0 Å². The van der Waals surface area contributed by atoms with E-state index in [9.17, 15) is 0 Å². The first kappa shape index (κ1) is 10.4. The quantitative estimate of drug-likeness (QED) is 0.640. The molecule has 0 spiro atoms. The Morgan fingerprint density at radius 1 is 1.50 bits per heavy atom. The van der Waals surface area contributed by atoms with Crippen LogP contribution in [0.15, 0.2) is 0 Å². The molecule has 4 atom stereocenters. The van der Waals surface area contributed by atoms with Crippen molar-refractivity contribution in [2.24, 2.45) is 0 Å². The molecule has 2 heterocycles. The molecule has 0 saturated carbocycles. The normalized spacial score (nSPS) is 49.3. The van der Waals surface area contributed by atoms with Gasteiger partial charge in [0.15, 0.2) is 0 Å². The summed E-state index contributed by atoms with van der Waals surface area (Å²) in [5.74, 6) is 0. The van der Waals surface area contributed by atoms with E-state index in [-0.39, 0.29) is 11.7 Å². The number of hydrogen-bond acceptors (Lipinski definition) is 3. The number of likely N-dealkylation sites (N-methyl/N-ethyl adjacent to an activating group) is 1. The monoisotopic (exact) mass is 199 g/mol. The summed E-state index contributed by atoms with van der Waals surface area (Å²) in [6, 6.07) is 0.422. The van der Waals surface area contributed by atoms with Crippen LogP contribution in [0, 0.1) is 0 Å². The van der Waals surface area contributed by atoms with E-state index in [1.807, 2.05) is 0 Å². The van der Waals surface area contributed by atoms with Crippen LogP contribution in [-0.2, 0) is 9.47 Å². The summed E-state index contributed by atoms with van der Waals surface area (Å²) >= 11 is 0. The van der Waals surface area contributed by atoms with Gasteiger partial charge in [-0.3, -0.25) is 4.90 Å². The molecule has 0 bridgehead atoms. The smallest absolute Gasteiger partial charge is 0.1000 e. The maximum atomic E-state index is 5.96. The van der Waals surface area contributed by atoms with E-state index in [1.54, 1.807) is 0 Å². The van der Waals surface area contributed by atoms with Crippen LogP contribution in [-0.4, -0.2) is 42.5 Å². The summed E-state index contributed by atoms with van der Waals surface area (Å²) in [6.07, 6.45) is 2.77.